The largest absolute Gasteiger partial charge is 0.368 e. The zero-order valence-corrected chi connectivity index (χ0v) is 23.7. The van der Waals surface area contributed by atoms with Gasteiger partial charge in [0.25, 0.3) is 0 Å². The summed E-state index contributed by atoms with van der Waals surface area (Å²) in [5, 5.41) is 17.2. The second-order valence-corrected chi connectivity index (χ2v) is 11.2. The van der Waals surface area contributed by atoms with Crippen LogP contribution in [0.4, 0.5) is 17.6 Å². The van der Waals surface area contributed by atoms with Gasteiger partial charge in [-0.25, -0.2) is 0 Å². The topological polar surface area (TPSA) is 97.8 Å². The third-order valence-electron chi connectivity index (χ3n) is 8.37. The maximum atomic E-state index is 6.31. The fourth-order valence-corrected chi connectivity index (χ4v) is 6.44. The van der Waals surface area contributed by atoms with Crippen LogP contribution >= 0.6 is 0 Å². The Balaban J connectivity index is 1.19. The van der Waals surface area contributed by atoms with Gasteiger partial charge >= 0.3 is 0 Å². The monoisotopic (exact) mass is 536 g/mol. The van der Waals surface area contributed by atoms with Crippen LogP contribution in [0.25, 0.3) is 17.1 Å². The third kappa shape index (κ3) is 5.45. The average Bonchev–Trinajstić information content (AvgIpc) is 3.11. The molecule has 2 aromatic heterocycles. The molecule has 0 fully saturated rings. The summed E-state index contributed by atoms with van der Waals surface area (Å²) < 4.78 is 1.58. The lowest BCUT2D eigenvalue weighted by atomic mass is 10.0. The Morgan fingerprint density at radius 2 is 1.65 bits per heavy atom. The van der Waals surface area contributed by atoms with Crippen LogP contribution in [0.3, 0.4) is 0 Å². The molecule has 2 aliphatic rings. The number of nitrogen functional groups attached to an aromatic ring is 1. The summed E-state index contributed by atoms with van der Waals surface area (Å²) >= 11 is 0. The van der Waals surface area contributed by atoms with E-state index >= 15 is 0 Å². The van der Waals surface area contributed by atoms with Crippen LogP contribution in [-0.4, -0.2) is 49.0 Å². The molecule has 8 nitrogen and oxygen atoms in total. The molecule has 3 N–H and O–H groups in total. The van der Waals surface area contributed by atoms with E-state index in [1.807, 2.05) is 0 Å². The van der Waals surface area contributed by atoms with E-state index in [1.165, 1.54) is 66.6 Å². The summed E-state index contributed by atoms with van der Waals surface area (Å²) in [6.07, 6.45) is 10.1. The van der Waals surface area contributed by atoms with Crippen molar-refractivity contribution < 1.29 is 0 Å². The Morgan fingerprint density at radius 1 is 0.875 bits per heavy atom. The van der Waals surface area contributed by atoms with Gasteiger partial charge in [-0.15, -0.1) is 15.3 Å². The highest BCUT2D eigenvalue weighted by Crippen LogP contribution is 2.32. The van der Waals surface area contributed by atoms with Gasteiger partial charge in [0.2, 0.25) is 11.9 Å². The summed E-state index contributed by atoms with van der Waals surface area (Å²) in [4.78, 5) is 7.20. The minimum absolute atomic E-state index is 0.287. The fraction of sp³-hybridized carbons (Fsp3) is 0.438. The Hall–Kier alpha value is -3.78. The molecular weight excluding hydrogens is 496 g/mol. The zero-order chi connectivity index (χ0) is 27.5. The molecule has 0 aliphatic heterocycles. The number of fused-ring (bicyclic) bond motifs is 4. The molecule has 8 heteroatoms. The molecular formula is C32H40N8. The maximum absolute atomic E-state index is 6.31. The number of hydrogen-bond acceptors (Lipinski definition) is 7. The molecule has 0 radical (unpaired) electrons. The Kier molecular flexibility index (Phi) is 7.77. The molecule has 0 unspecified atom stereocenters. The molecule has 0 bridgehead atoms. The summed E-state index contributed by atoms with van der Waals surface area (Å²) in [6.45, 7) is 6.96. The van der Waals surface area contributed by atoms with E-state index in [4.69, 9.17) is 5.73 Å². The molecule has 6 rings (SSSR count). The molecule has 1 atom stereocenters. The van der Waals surface area contributed by atoms with Gasteiger partial charge in [0, 0.05) is 17.3 Å². The van der Waals surface area contributed by atoms with Crippen molar-refractivity contribution in [1.82, 2.24) is 29.9 Å². The first-order chi connectivity index (χ1) is 19.6. The van der Waals surface area contributed by atoms with Gasteiger partial charge in [-0.2, -0.15) is 9.67 Å². The van der Waals surface area contributed by atoms with Crippen molar-refractivity contribution in [1.29, 1.82) is 0 Å². The van der Waals surface area contributed by atoms with Gasteiger partial charge in [-0.05, 0) is 111 Å². The van der Waals surface area contributed by atoms with Crippen molar-refractivity contribution in [2.75, 3.05) is 24.1 Å². The summed E-state index contributed by atoms with van der Waals surface area (Å²) in [5.74, 6) is 1.34. The van der Waals surface area contributed by atoms with E-state index in [0.717, 1.165) is 43.5 Å². The Bertz CT molecular complexity index is 1470. The molecule has 2 aromatic carbocycles. The van der Waals surface area contributed by atoms with Gasteiger partial charge in [0.05, 0.1) is 5.69 Å². The zero-order valence-electron chi connectivity index (χ0n) is 23.7. The van der Waals surface area contributed by atoms with Crippen molar-refractivity contribution in [3.8, 4) is 17.1 Å². The first kappa shape index (κ1) is 26.4. The Labute approximate surface area is 237 Å². The summed E-state index contributed by atoms with van der Waals surface area (Å²) in [6, 6.07) is 17.8. The number of hydrogen-bond donors (Lipinski definition) is 2. The number of benzene rings is 2. The lowest BCUT2D eigenvalue weighted by molar-refractivity contribution is 0.180. The molecule has 40 heavy (non-hydrogen) atoms. The number of nitrogens with two attached hydrogens (primary N) is 1. The van der Waals surface area contributed by atoms with E-state index in [1.54, 1.807) is 4.68 Å². The average molecular weight is 537 g/mol. The number of rotatable bonds is 8. The van der Waals surface area contributed by atoms with Crippen molar-refractivity contribution in [2.24, 2.45) is 0 Å². The van der Waals surface area contributed by atoms with Gasteiger partial charge in [0.15, 0.2) is 5.82 Å². The lowest BCUT2D eigenvalue weighted by Crippen LogP contribution is -2.36. The quantitative estimate of drug-likeness (QED) is 0.270. The van der Waals surface area contributed by atoms with Crippen LogP contribution in [-0.2, 0) is 25.7 Å². The maximum Gasteiger partial charge on any atom is 0.248 e. The minimum atomic E-state index is 0.287. The van der Waals surface area contributed by atoms with Crippen LogP contribution in [0, 0.1) is 0 Å². The SMILES string of the molecule is CCCN(CCC)[C@H]1CCc2ccc(Nc3nc(N)n(-c4cc5c(nn4)-c4ccccc4CCC5)n3)cc2CC1. The number of nitrogens with zero attached hydrogens (tertiary/aromatic N) is 6. The standard InChI is InChI=1S/C32H40N8/c1-3-18-39(19-4-2)27-16-13-22-12-15-26(20-24(22)14-17-27)34-32-35-31(33)40(38-32)29-21-25-10-7-9-23-8-5-6-11-28(23)30(25)37-36-29/h5-6,8,11-12,15,20-21,27H,3-4,7,9-10,13-14,16-19H2,1-2H3,(H3,33,34,35,38)/t27-/m0/s1. The molecule has 2 heterocycles. The summed E-state index contributed by atoms with van der Waals surface area (Å²) in [7, 11) is 0. The third-order valence-corrected chi connectivity index (χ3v) is 8.37. The second kappa shape index (κ2) is 11.8. The highest BCUT2D eigenvalue weighted by atomic mass is 15.4. The first-order valence-corrected chi connectivity index (χ1v) is 14.9. The van der Waals surface area contributed by atoms with E-state index in [9.17, 15) is 0 Å². The molecule has 0 saturated carbocycles. The Morgan fingerprint density at radius 3 is 2.48 bits per heavy atom. The van der Waals surface area contributed by atoms with Crippen LogP contribution < -0.4 is 11.1 Å². The van der Waals surface area contributed by atoms with Gasteiger partial charge in [-0.3, -0.25) is 0 Å². The molecule has 0 spiro atoms. The van der Waals surface area contributed by atoms with Crippen LogP contribution in [0.2, 0.25) is 0 Å². The predicted octanol–water partition coefficient (Wildman–Crippen LogP) is 5.91. The lowest BCUT2D eigenvalue weighted by Gasteiger charge is -2.30. The first-order valence-electron chi connectivity index (χ1n) is 14.9. The fourth-order valence-electron chi connectivity index (χ4n) is 6.44. The van der Waals surface area contributed by atoms with Gasteiger partial charge < -0.3 is 16.0 Å². The van der Waals surface area contributed by atoms with Crippen LogP contribution in [0.5, 0.6) is 0 Å². The van der Waals surface area contributed by atoms with Crippen molar-refractivity contribution in [2.45, 2.75) is 77.7 Å². The van der Waals surface area contributed by atoms with Crippen LogP contribution in [0.15, 0.2) is 48.5 Å². The highest BCUT2D eigenvalue weighted by Gasteiger charge is 2.22. The molecule has 208 valence electrons. The van der Waals surface area contributed by atoms with Crippen molar-refractivity contribution in [3.63, 3.8) is 0 Å². The van der Waals surface area contributed by atoms with Gasteiger partial charge in [-0.1, -0.05) is 44.2 Å². The number of aryl methyl sites for hydroxylation is 4. The van der Waals surface area contributed by atoms with E-state index in [-0.39, 0.29) is 5.95 Å². The minimum Gasteiger partial charge on any atom is -0.368 e. The van der Waals surface area contributed by atoms with Crippen molar-refractivity contribution >= 4 is 17.6 Å². The normalized spacial score (nSPS) is 16.5. The second-order valence-electron chi connectivity index (χ2n) is 11.2. The van der Waals surface area contributed by atoms with Crippen LogP contribution in [0.1, 0.15) is 68.2 Å². The molecule has 0 amide bonds. The number of nitrogens with one attached hydrogen (secondary N) is 1. The molecule has 2 aliphatic carbocycles. The number of aromatic nitrogens is 5. The summed E-state index contributed by atoms with van der Waals surface area (Å²) in [5.41, 5.74) is 14.8. The van der Waals surface area contributed by atoms with E-state index in [0.29, 0.717) is 17.8 Å². The van der Waals surface area contributed by atoms with Crippen molar-refractivity contribution in [3.05, 3.63) is 70.8 Å². The highest BCUT2D eigenvalue weighted by molar-refractivity contribution is 5.68. The number of anilines is 3. The van der Waals surface area contributed by atoms with Gasteiger partial charge in [0.1, 0.15) is 0 Å². The molecule has 0 saturated heterocycles. The van der Waals surface area contributed by atoms with E-state index in [2.05, 4.69) is 92.9 Å². The van der Waals surface area contributed by atoms with E-state index < -0.39 is 0 Å². The predicted molar refractivity (Wildman–Crippen MR) is 161 cm³/mol. The smallest absolute Gasteiger partial charge is 0.248 e. The molecule has 4 aromatic rings.